The summed E-state index contributed by atoms with van der Waals surface area (Å²) in [5, 5.41) is 0. The van der Waals surface area contributed by atoms with Crippen molar-refractivity contribution in [3.05, 3.63) is 65.6 Å². The number of hydrogen-bond donors (Lipinski definition) is 0. The second-order valence-corrected chi connectivity index (χ2v) is 7.83. The van der Waals surface area contributed by atoms with Gasteiger partial charge in [-0.15, -0.1) is 6.42 Å². The van der Waals surface area contributed by atoms with Crippen LogP contribution in [0.3, 0.4) is 0 Å². The minimum atomic E-state index is -4.04. The summed E-state index contributed by atoms with van der Waals surface area (Å²) in [5.41, 5.74) is 0.812. The van der Waals surface area contributed by atoms with Gasteiger partial charge in [0.05, 0.1) is 24.1 Å². The normalized spacial score (nSPS) is 12.4. The van der Waals surface area contributed by atoms with Gasteiger partial charge in [0.2, 0.25) is 10.0 Å². The van der Waals surface area contributed by atoms with Crippen LogP contribution in [0.25, 0.3) is 0 Å². The lowest BCUT2D eigenvalue weighted by Gasteiger charge is -2.28. The molecule has 0 amide bonds. The van der Waals surface area contributed by atoms with Crippen molar-refractivity contribution in [2.45, 2.75) is 24.8 Å². The molecule has 2 rings (SSSR count). The third kappa shape index (κ3) is 4.30. The van der Waals surface area contributed by atoms with Crippen LogP contribution < -0.4 is 0 Å². The quantitative estimate of drug-likeness (QED) is 0.415. The highest BCUT2D eigenvalue weighted by Crippen LogP contribution is 2.34. The molecule has 1 heterocycles. The molecular formula is C20H21NO5S. The first-order valence-electron chi connectivity index (χ1n) is 8.07. The molecule has 0 saturated heterocycles. The van der Waals surface area contributed by atoms with E-state index in [-0.39, 0.29) is 22.8 Å². The summed E-state index contributed by atoms with van der Waals surface area (Å²) in [7, 11) is -2.85. The Hall–Kier alpha value is -2.82. The molecule has 0 N–H and O–H groups in total. The zero-order chi connectivity index (χ0) is 20.2. The average Bonchev–Trinajstić information content (AvgIpc) is 3.06. The maximum atomic E-state index is 13.3. The fraction of sp³-hybridized carbons (Fsp3) is 0.250. The van der Waals surface area contributed by atoms with Crippen molar-refractivity contribution in [1.29, 1.82) is 0 Å². The molecule has 0 aliphatic heterocycles. The van der Waals surface area contributed by atoms with Gasteiger partial charge in [-0.2, -0.15) is 4.31 Å². The van der Waals surface area contributed by atoms with E-state index in [2.05, 4.69) is 12.5 Å². The lowest BCUT2D eigenvalue weighted by molar-refractivity contribution is -0.136. The van der Waals surface area contributed by atoms with E-state index in [0.717, 1.165) is 9.87 Å². The van der Waals surface area contributed by atoms with E-state index in [1.54, 1.807) is 31.2 Å². The summed E-state index contributed by atoms with van der Waals surface area (Å²) < 4.78 is 37.9. The van der Waals surface area contributed by atoms with Gasteiger partial charge in [-0.25, -0.2) is 13.2 Å². The number of rotatable bonds is 7. The fourth-order valence-corrected chi connectivity index (χ4v) is 4.09. The number of aryl methyl sites for hydroxylation is 2. The Kier molecular flexibility index (Phi) is 6.26. The van der Waals surface area contributed by atoms with Crippen LogP contribution in [0.4, 0.5) is 0 Å². The van der Waals surface area contributed by atoms with Crippen LogP contribution in [0.5, 0.6) is 0 Å². The summed E-state index contributed by atoms with van der Waals surface area (Å²) in [6.45, 7) is 7.01. The standard InChI is InChI=1S/C20H21NO5S/c1-6-13-21(27(23,24)17-10-7-14(2)8-11-17)19(16(4)20(22)25-5)18-12-9-15(3)26-18/h1,7-12,19H,4,13H2,2-3,5H3. The summed E-state index contributed by atoms with van der Waals surface area (Å²) in [6.07, 6.45) is 5.43. The molecule has 2 aromatic rings. The van der Waals surface area contributed by atoms with Crippen molar-refractivity contribution in [3.63, 3.8) is 0 Å². The van der Waals surface area contributed by atoms with Gasteiger partial charge in [-0.3, -0.25) is 0 Å². The van der Waals surface area contributed by atoms with Crippen LogP contribution in [-0.2, 0) is 19.6 Å². The molecule has 0 fully saturated rings. The zero-order valence-corrected chi connectivity index (χ0v) is 16.2. The third-order valence-corrected chi connectivity index (χ3v) is 5.80. The average molecular weight is 387 g/mol. The molecule has 7 heteroatoms. The molecule has 27 heavy (non-hydrogen) atoms. The molecule has 1 aromatic carbocycles. The first-order chi connectivity index (χ1) is 12.7. The maximum absolute atomic E-state index is 13.3. The zero-order valence-electron chi connectivity index (χ0n) is 15.4. The number of sulfonamides is 1. The molecule has 0 aliphatic rings. The summed E-state index contributed by atoms with van der Waals surface area (Å²) >= 11 is 0. The smallest absolute Gasteiger partial charge is 0.335 e. The maximum Gasteiger partial charge on any atom is 0.335 e. The van der Waals surface area contributed by atoms with Gasteiger partial charge in [0, 0.05) is 0 Å². The Morgan fingerprint density at radius 2 is 1.89 bits per heavy atom. The first-order valence-corrected chi connectivity index (χ1v) is 9.51. The van der Waals surface area contributed by atoms with Crippen molar-refractivity contribution >= 4 is 16.0 Å². The predicted molar refractivity (Wildman–Crippen MR) is 101 cm³/mol. The van der Waals surface area contributed by atoms with Gasteiger partial charge in [-0.05, 0) is 38.1 Å². The van der Waals surface area contributed by atoms with Crippen molar-refractivity contribution in [1.82, 2.24) is 4.31 Å². The van der Waals surface area contributed by atoms with Crippen molar-refractivity contribution in [2.24, 2.45) is 0 Å². The Bertz CT molecular complexity index is 980. The number of carbonyl (C=O) groups is 1. The van der Waals surface area contributed by atoms with Gasteiger partial charge in [0.1, 0.15) is 17.6 Å². The Labute approximate surface area is 159 Å². The molecule has 6 nitrogen and oxygen atoms in total. The van der Waals surface area contributed by atoms with Crippen LogP contribution >= 0.6 is 0 Å². The van der Waals surface area contributed by atoms with E-state index < -0.39 is 22.0 Å². The lowest BCUT2D eigenvalue weighted by Crippen LogP contribution is -2.37. The molecule has 0 spiro atoms. The minimum Gasteiger partial charge on any atom is -0.466 e. The highest BCUT2D eigenvalue weighted by atomic mass is 32.2. The molecule has 0 aliphatic carbocycles. The van der Waals surface area contributed by atoms with Crippen molar-refractivity contribution < 1.29 is 22.4 Å². The minimum absolute atomic E-state index is 0.0503. The first kappa shape index (κ1) is 20.5. The van der Waals surface area contributed by atoms with Crippen LogP contribution in [-0.4, -0.2) is 32.3 Å². The molecule has 0 saturated carbocycles. The number of ether oxygens (including phenoxy) is 1. The number of furan rings is 1. The number of terminal acetylenes is 1. The number of carbonyl (C=O) groups excluding carboxylic acids is 1. The number of esters is 1. The van der Waals surface area contributed by atoms with E-state index in [1.807, 2.05) is 6.92 Å². The van der Waals surface area contributed by atoms with Crippen LogP contribution in [0.15, 0.2) is 57.9 Å². The molecule has 0 radical (unpaired) electrons. The molecule has 1 aromatic heterocycles. The van der Waals surface area contributed by atoms with Gasteiger partial charge in [-0.1, -0.05) is 30.2 Å². The monoisotopic (exact) mass is 387 g/mol. The van der Waals surface area contributed by atoms with Gasteiger partial charge < -0.3 is 9.15 Å². The summed E-state index contributed by atoms with van der Waals surface area (Å²) in [5.74, 6) is 2.37. The van der Waals surface area contributed by atoms with E-state index in [1.165, 1.54) is 19.2 Å². The van der Waals surface area contributed by atoms with E-state index in [4.69, 9.17) is 15.6 Å². The van der Waals surface area contributed by atoms with Crippen molar-refractivity contribution in [3.8, 4) is 12.3 Å². The molecule has 142 valence electrons. The van der Waals surface area contributed by atoms with Crippen LogP contribution in [0, 0.1) is 26.2 Å². The van der Waals surface area contributed by atoms with Crippen molar-refractivity contribution in [2.75, 3.05) is 13.7 Å². The predicted octanol–water partition coefficient (Wildman–Crippen LogP) is 2.99. The van der Waals surface area contributed by atoms with Gasteiger partial charge in [0.25, 0.3) is 0 Å². The molecule has 1 atom stereocenters. The second-order valence-electron chi connectivity index (χ2n) is 5.94. The SMILES string of the molecule is C#CCN(C(C(=C)C(=O)OC)c1ccc(C)o1)S(=O)(=O)c1ccc(C)cc1. The Morgan fingerprint density at radius 1 is 1.26 bits per heavy atom. The van der Waals surface area contributed by atoms with Gasteiger partial charge >= 0.3 is 5.97 Å². The summed E-state index contributed by atoms with van der Waals surface area (Å²) in [4.78, 5) is 12.2. The topological polar surface area (TPSA) is 76.8 Å². The largest absolute Gasteiger partial charge is 0.466 e. The highest BCUT2D eigenvalue weighted by Gasteiger charge is 2.38. The number of nitrogens with zero attached hydrogens (tertiary/aromatic N) is 1. The van der Waals surface area contributed by atoms with E-state index in [0.29, 0.717) is 5.76 Å². The fourth-order valence-electron chi connectivity index (χ4n) is 2.58. The molecule has 0 bridgehead atoms. The Morgan fingerprint density at radius 3 is 2.37 bits per heavy atom. The van der Waals surface area contributed by atoms with E-state index >= 15 is 0 Å². The Balaban J connectivity index is 2.63. The number of methoxy groups -OCH3 is 1. The number of hydrogen-bond acceptors (Lipinski definition) is 5. The highest BCUT2D eigenvalue weighted by molar-refractivity contribution is 7.89. The van der Waals surface area contributed by atoms with E-state index in [9.17, 15) is 13.2 Å². The lowest BCUT2D eigenvalue weighted by atomic mass is 10.1. The van der Waals surface area contributed by atoms with Crippen LogP contribution in [0.2, 0.25) is 0 Å². The summed E-state index contributed by atoms with van der Waals surface area (Å²) in [6, 6.07) is 8.46. The number of benzene rings is 1. The molecule has 1 unspecified atom stereocenters. The van der Waals surface area contributed by atoms with Gasteiger partial charge in [0.15, 0.2) is 0 Å². The third-order valence-electron chi connectivity index (χ3n) is 3.97. The molecular weight excluding hydrogens is 366 g/mol. The second kappa shape index (κ2) is 8.25. The van der Waals surface area contributed by atoms with Crippen LogP contribution in [0.1, 0.15) is 23.1 Å².